The van der Waals surface area contributed by atoms with E-state index in [4.69, 9.17) is 0 Å². The maximum Gasteiger partial charge on any atom is 0.160 e. The summed E-state index contributed by atoms with van der Waals surface area (Å²) in [5, 5.41) is 2.01. The minimum Gasteiger partial charge on any atom is -0.294 e. The van der Waals surface area contributed by atoms with Gasteiger partial charge in [0.1, 0.15) is 0 Å². The summed E-state index contributed by atoms with van der Waals surface area (Å²) in [5.74, 6) is 0.0845. The molecule has 0 aliphatic heterocycles. The Morgan fingerprint density at radius 1 is 1.36 bits per heavy atom. The molecule has 0 unspecified atom stereocenters. The first kappa shape index (κ1) is 8.88. The molecule has 1 aromatic heterocycles. The van der Waals surface area contributed by atoms with Crippen molar-refractivity contribution in [2.24, 2.45) is 0 Å². The summed E-state index contributed by atoms with van der Waals surface area (Å²) < 4.78 is 0. The van der Waals surface area contributed by atoms with E-state index in [9.17, 15) is 4.79 Å². The number of aryl methyl sites for hydroxylation is 1. The van der Waals surface area contributed by atoms with E-state index in [0.29, 0.717) is 0 Å². The van der Waals surface area contributed by atoms with Gasteiger partial charge in [0, 0.05) is 22.8 Å². The van der Waals surface area contributed by atoms with Gasteiger partial charge in [-0.25, -0.2) is 0 Å². The third kappa shape index (κ3) is 1.39. The van der Waals surface area contributed by atoms with Crippen LogP contribution in [0.1, 0.15) is 23.0 Å². The fourth-order valence-corrected chi connectivity index (χ4v) is 1.59. The minimum atomic E-state index is 0.0845. The Balaban J connectivity index is 2.81. The average Bonchev–Trinajstić information content (AvgIpc) is 2.16. The van der Waals surface area contributed by atoms with Crippen LogP contribution in [-0.4, -0.2) is 10.8 Å². The second-order valence-electron chi connectivity index (χ2n) is 3.41. The van der Waals surface area contributed by atoms with Crippen LogP contribution < -0.4 is 0 Å². The zero-order chi connectivity index (χ0) is 10.1. The molecule has 0 aliphatic carbocycles. The molecule has 0 amide bonds. The molecule has 1 heterocycles. The molecule has 0 radical (unpaired) electrons. The van der Waals surface area contributed by atoms with Crippen molar-refractivity contribution < 1.29 is 4.79 Å². The lowest BCUT2D eigenvalue weighted by atomic mass is 10.0. The molecule has 2 aromatic rings. The van der Waals surface area contributed by atoms with Crippen molar-refractivity contribution in [3.63, 3.8) is 0 Å². The van der Waals surface area contributed by atoms with Crippen molar-refractivity contribution in [3.05, 3.63) is 41.7 Å². The molecular formula is C12H11NO. The lowest BCUT2D eigenvalue weighted by Crippen LogP contribution is -1.94. The average molecular weight is 185 g/mol. The van der Waals surface area contributed by atoms with Gasteiger partial charge in [-0.05, 0) is 25.3 Å². The van der Waals surface area contributed by atoms with Crippen molar-refractivity contribution in [3.8, 4) is 0 Å². The number of nitrogens with zero attached hydrogens (tertiary/aromatic N) is 1. The number of hydrogen-bond acceptors (Lipinski definition) is 2. The van der Waals surface area contributed by atoms with Gasteiger partial charge in [-0.15, -0.1) is 0 Å². The van der Waals surface area contributed by atoms with Crippen LogP contribution in [0.2, 0.25) is 0 Å². The van der Waals surface area contributed by atoms with Gasteiger partial charge >= 0.3 is 0 Å². The summed E-state index contributed by atoms with van der Waals surface area (Å²) in [6, 6.07) is 7.72. The maximum atomic E-state index is 11.3. The number of fused-ring (bicyclic) bond motifs is 1. The van der Waals surface area contributed by atoms with Crippen LogP contribution in [0.4, 0.5) is 0 Å². The molecule has 0 saturated carbocycles. The van der Waals surface area contributed by atoms with Gasteiger partial charge in [0.2, 0.25) is 0 Å². The summed E-state index contributed by atoms with van der Waals surface area (Å²) in [7, 11) is 0. The Labute approximate surface area is 82.6 Å². The highest BCUT2D eigenvalue weighted by atomic mass is 16.1. The molecule has 0 aliphatic rings. The number of carbonyl (C=O) groups is 1. The molecule has 2 heteroatoms. The lowest BCUT2D eigenvalue weighted by Gasteiger charge is -2.02. The number of carbonyl (C=O) groups excluding carboxylic acids is 1. The van der Waals surface area contributed by atoms with Crippen molar-refractivity contribution >= 4 is 16.6 Å². The standard InChI is InChI=1S/C12H11NO/c1-8-6-10-4-3-5-11(9(2)14)12(10)7-13-8/h3-7H,1-2H3. The number of Topliss-reactive ketones (excluding diaryl/α,β-unsaturated/α-hetero) is 1. The minimum absolute atomic E-state index is 0.0845. The molecule has 0 N–H and O–H groups in total. The molecule has 2 rings (SSSR count). The molecule has 0 atom stereocenters. The van der Waals surface area contributed by atoms with Gasteiger partial charge in [0.25, 0.3) is 0 Å². The third-order valence-electron chi connectivity index (χ3n) is 2.28. The SMILES string of the molecule is CC(=O)c1cccc2cc(C)ncc12. The van der Waals surface area contributed by atoms with E-state index in [1.165, 1.54) is 0 Å². The molecule has 2 nitrogen and oxygen atoms in total. The van der Waals surface area contributed by atoms with Crippen LogP contribution in [-0.2, 0) is 0 Å². The summed E-state index contributed by atoms with van der Waals surface area (Å²) in [4.78, 5) is 15.5. The van der Waals surface area contributed by atoms with Gasteiger partial charge in [0.15, 0.2) is 5.78 Å². The van der Waals surface area contributed by atoms with Crippen molar-refractivity contribution in [2.75, 3.05) is 0 Å². The van der Waals surface area contributed by atoms with E-state index in [0.717, 1.165) is 22.0 Å². The van der Waals surface area contributed by atoms with Crippen LogP contribution >= 0.6 is 0 Å². The first-order chi connectivity index (χ1) is 6.68. The molecule has 0 spiro atoms. The van der Waals surface area contributed by atoms with Gasteiger partial charge < -0.3 is 0 Å². The molecule has 0 bridgehead atoms. The van der Waals surface area contributed by atoms with Gasteiger partial charge in [-0.2, -0.15) is 0 Å². The molecule has 70 valence electrons. The number of aromatic nitrogens is 1. The normalized spacial score (nSPS) is 10.4. The van der Waals surface area contributed by atoms with E-state index >= 15 is 0 Å². The van der Waals surface area contributed by atoms with E-state index in [2.05, 4.69) is 4.98 Å². The van der Waals surface area contributed by atoms with Crippen LogP contribution in [0.15, 0.2) is 30.5 Å². The molecule has 0 saturated heterocycles. The van der Waals surface area contributed by atoms with Crippen LogP contribution in [0.5, 0.6) is 0 Å². The van der Waals surface area contributed by atoms with E-state index in [-0.39, 0.29) is 5.78 Å². The molecular weight excluding hydrogens is 174 g/mol. The number of rotatable bonds is 1. The number of hydrogen-bond donors (Lipinski definition) is 0. The Morgan fingerprint density at radius 2 is 2.14 bits per heavy atom. The summed E-state index contributed by atoms with van der Waals surface area (Å²) in [5.41, 5.74) is 1.72. The Hall–Kier alpha value is -1.70. The van der Waals surface area contributed by atoms with E-state index in [1.54, 1.807) is 13.1 Å². The highest BCUT2D eigenvalue weighted by Gasteiger charge is 2.04. The fraction of sp³-hybridized carbons (Fsp3) is 0.167. The maximum absolute atomic E-state index is 11.3. The zero-order valence-electron chi connectivity index (χ0n) is 8.24. The number of ketones is 1. The molecule has 0 fully saturated rings. The summed E-state index contributed by atoms with van der Waals surface area (Å²) >= 11 is 0. The van der Waals surface area contributed by atoms with Gasteiger partial charge in [-0.3, -0.25) is 9.78 Å². The Kier molecular flexibility index (Phi) is 2.04. The lowest BCUT2D eigenvalue weighted by molar-refractivity contribution is 0.101. The molecule has 1 aromatic carbocycles. The van der Waals surface area contributed by atoms with Crippen LogP contribution in [0.3, 0.4) is 0 Å². The van der Waals surface area contributed by atoms with Crippen LogP contribution in [0, 0.1) is 6.92 Å². The zero-order valence-corrected chi connectivity index (χ0v) is 8.24. The van der Waals surface area contributed by atoms with E-state index in [1.807, 2.05) is 31.2 Å². The van der Waals surface area contributed by atoms with E-state index < -0.39 is 0 Å². The first-order valence-corrected chi connectivity index (χ1v) is 4.55. The number of benzene rings is 1. The van der Waals surface area contributed by atoms with Gasteiger partial charge in [0.05, 0.1) is 0 Å². The Morgan fingerprint density at radius 3 is 2.86 bits per heavy atom. The van der Waals surface area contributed by atoms with Crippen molar-refractivity contribution in [1.29, 1.82) is 0 Å². The highest BCUT2D eigenvalue weighted by molar-refractivity contribution is 6.06. The first-order valence-electron chi connectivity index (χ1n) is 4.55. The smallest absolute Gasteiger partial charge is 0.160 e. The van der Waals surface area contributed by atoms with Gasteiger partial charge in [-0.1, -0.05) is 18.2 Å². The quantitative estimate of drug-likeness (QED) is 0.639. The molecule has 14 heavy (non-hydrogen) atoms. The largest absolute Gasteiger partial charge is 0.294 e. The Bertz CT molecular complexity index is 503. The summed E-state index contributed by atoms with van der Waals surface area (Å²) in [6.45, 7) is 3.52. The second kappa shape index (κ2) is 3.22. The van der Waals surface area contributed by atoms with Crippen molar-refractivity contribution in [1.82, 2.24) is 4.98 Å². The third-order valence-corrected chi connectivity index (χ3v) is 2.28. The topological polar surface area (TPSA) is 30.0 Å². The van der Waals surface area contributed by atoms with Crippen molar-refractivity contribution in [2.45, 2.75) is 13.8 Å². The van der Waals surface area contributed by atoms with Crippen LogP contribution in [0.25, 0.3) is 10.8 Å². The summed E-state index contributed by atoms with van der Waals surface area (Å²) in [6.07, 6.45) is 1.77. The monoisotopic (exact) mass is 185 g/mol. The predicted molar refractivity (Wildman–Crippen MR) is 56.5 cm³/mol. The predicted octanol–water partition coefficient (Wildman–Crippen LogP) is 2.75. The fourth-order valence-electron chi connectivity index (χ4n) is 1.59. The second-order valence-corrected chi connectivity index (χ2v) is 3.41. The number of pyridine rings is 1. The highest BCUT2D eigenvalue weighted by Crippen LogP contribution is 2.18.